The number of aromatic amines is 1. The summed E-state index contributed by atoms with van der Waals surface area (Å²) in [6.45, 7) is 2.22. The van der Waals surface area contributed by atoms with E-state index in [9.17, 15) is 20.0 Å². The number of ether oxygens (including phenoxy) is 2. The zero-order valence-corrected chi connectivity index (χ0v) is 20.1. The average Bonchev–Trinajstić information content (AvgIpc) is 3.23. The number of aromatic nitrogens is 1. The number of nitrogens with one attached hydrogen (secondary N) is 1. The minimum Gasteiger partial charge on any atom is -0.486 e. The van der Waals surface area contributed by atoms with E-state index in [0.717, 1.165) is 33.0 Å². The van der Waals surface area contributed by atoms with Crippen molar-refractivity contribution >= 4 is 33.5 Å². The lowest BCUT2D eigenvalue weighted by atomic mass is 9.97. The van der Waals surface area contributed by atoms with E-state index in [1.807, 2.05) is 67.6 Å². The molecule has 0 spiro atoms. The zero-order valence-electron chi connectivity index (χ0n) is 20.1. The topological polar surface area (TPSA) is 115 Å². The van der Waals surface area contributed by atoms with E-state index >= 15 is 0 Å². The molecule has 0 radical (unpaired) electrons. The van der Waals surface area contributed by atoms with Gasteiger partial charge in [-0.25, -0.2) is 4.79 Å². The van der Waals surface area contributed by atoms with Gasteiger partial charge in [-0.2, -0.15) is 0 Å². The minimum absolute atomic E-state index is 0.0939. The van der Waals surface area contributed by atoms with Gasteiger partial charge < -0.3 is 19.6 Å². The summed E-state index contributed by atoms with van der Waals surface area (Å²) in [4.78, 5) is 25.7. The second kappa shape index (κ2) is 10.0. The SMILES string of the molecule is Cc1ccccc1-c1cccc2c(CCCOc3c([N+](=O)[O-])ccc4ccccc34)c(OC(=O)O)[nH]c12. The molecular weight excluding hydrogens is 472 g/mol. The maximum Gasteiger partial charge on any atom is 0.512 e. The number of carboxylic acid groups (broad SMARTS) is 1. The van der Waals surface area contributed by atoms with Gasteiger partial charge >= 0.3 is 11.8 Å². The first-order valence-electron chi connectivity index (χ1n) is 11.8. The monoisotopic (exact) mass is 496 g/mol. The van der Waals surface area contributed by atoms with E-state index < -0.39 is 11.1 Å². The molecule has 5 rings (SSSR count). The van der Waals surface area contributed by atoms with Crippen LogP contribution < -0.4 is 9.47 Å². The number of para-hydroxylation sites is 1. The Labute approximate surface area is 212 Å². The Morgan fingerprint density at radius 2 is 1.68 bits per heavy atom. The number of nitrogens with zero attached hydrogens (tertiary/aromatic N) is 1. The second-order valence-corrected chi connectivity index (χ2v) is 8.69. The standard InChI is InChI=1S/C29H24N2O6/c1-18-8-2-4-10-20(18)22-12-6-13-23-24(28(30-26(22)23)37-29(32)33)14-7-17-36-27-21-11-5-3-9-19(21)15-16-25(27)31(34)35/h2-6,8-13,15-16,30H,7,14,17H2,1H3,(H,32,33). The predicted octanol–water partition coefficient (Wildman–Crippen LogP) is 7.27. The van der Waals surface area contributed by atoms with Gasteiger partial charge in [0.2, 0.25) is 11.6 Å². The summed E-state index contributed by atoms with van der Waals surface area (Å²) in [6.07, 6.45) is -0.482. The molecule has 0 amide bonds. The van der Waals surface area contributed by atoms with Crippen LogP contribution in [0.15, 0.2) is 78.9 Å². The van der Waals surface area contributed by atoms with Gasteiger partial charge in [0.05, 0.1) is 17.0 Å². The van der Waals surface area contributed by atoms with Crippen molar-refractivity contribution in [3.63, 3.8) is 0 Å². The van der Waals surface area contributed by atoms with Gasteiger partial charge in [-0.3, -0.25) is 10.1 Å². The van der Waals surface area contributed by atoms with Gasteiger partial charge in [-0.05, 0) is 42.3 Å². The van der Waals surface area contributed by atoms with Crippen LogP contribution in [0.2, 0.25) is 0 Å². The molecule has 37 heavy (non-hydrogen) atoms. The van der Waals surface area contributed by atoms with Crippen molar-refractivity contribution in [3.05, 3.63) is 100 Å². The van der Waals surface area contributed by atoms with Crippen LogP contribution in [0.25, 0.3) is 32.8 Å². The first-order chi connectivity index (χ1) is 17.9. The number of hydrogen-bond acceptors (Lipinski definition) is 5. The van der Waals surface area contributed by atoms with Gasteiger partial charge in [0.15, 0.2) is 0 Å². The first-order valence-corrected chi connectivity index (χ1v) is 11.8. The molecule has 1 aromatic heterocycles. The molecule has 186 valence electrons. The highest BCUT2D eigenvalue weighted by Gasteiger charge is 2.20. The van der Waals surface area contributed by atoms with E-state index in [2.05, 4.69) is 4.98 Å². The fourth-order valence-corrected chi connectivity index (χ4v) is 4.72. The van der Waals surface area contributed by atoms with Gasteiger partial charge in [-0.15, -0.1) is 0 Å². The molecule has 8 nitrogen and oxygen atoms in total. The Kier molecular flexibility index (Phi) is 6.47. The van der Waals surface area contributed by atoms with Crippen molar-refractivity contribution in [2.45, 2.75) is 19.8 Å². The Hall–Kier alpha value is -4.85. The van der Waals surface area contributed by atoms with Crippen molar-refractivity contribution in [2.75, 3.05) is 6.61 Å². The molecule has 0 saturated heterocycles. The van der Waals surface area contributed by atoms with E-state index in [-0.39, 0.29) is 23.9 Å². The molecule has 0 unspecified atom stereocenters. The largest absolute Gasteiger partial charge is 0.512 e. The Morgan fingerprint density at radius 3 is 2.46 bits per heavy atom. The van der Waals surface area contributed by atoms with Crippen LogP contribution in [0.5, 0.6) is 11.6 Å². The second-order valence-electron chi connectivity index (χ2n) is 8.69. The van der Waals surface area contributed by atoms with Crippen molar-refractivity contribution in [2.24, 2.45) is 0 Å². The number of benzene rings is 4. The fraction of sp³-hybridized carbons (Fsp3) is 0.138. The Bertz CT molecular complexity index is 1640. The van der Waals surface area contributed by atoms with Crippen LogP contribution in [-0.2, 0) is 6.42 Å². The molecule has 0 saturated carbocycles. The van der Waals surface area contributed by atoms with Crippen molar-refractivity contribution < 1.29 is 24.3 Å². The summed E-state index contributed by atoms with van der Waals surface area (Å²) in [7, 11) is 0. The summed E-state index contributed by atoms with van der Waals surface area (Å²) in [5, 5.41) is 23.3. The van der Waals surface area contributed by atoms with Crippen LogP contribution in [-0.4, -0.2) is 27.8 Å². The van der Waals surface area contributed by atoms with Crippen LogP contribution in [0.4, 0.5) is 10.5 Å². The number of nitro groups is 1. The van der Waals surface area contributed by atoms with Crippen molar-refractivity contribution in [1.29, 1.82) is 0 Å². The molecule has 0 fully saturated rings. The summed E-state index contributed by atoms with van der Waals surface area (Å²) in [5.41, 5.74) is 4.48. The molecule has 0 aliphatic rings. The molecule has 0 aliphatic carbocycles. The number of nitro benzene ring substituents is 1. The van der Waals surface area contributed by atoms with Gasteiger partial charge in [0, 0.05) is 28.0 Å². The third-order valence-electron chi connectivity index (χ3n) is 6.40. The quantitative estimate of drug-likeness (QED) is 0.101. The molecular formula is C29H24N2O6. The number of aryl methyl sites for hydroxylation is 2. The number of carbonyl (C=O) groups is 1. The summed E-state index contributed by atoms with van der Waals surface area (Å²) in [5.74, 6) is 0.394. The highest BCUT2D eigenvalue weighted by Crippen LogP contribution is 2.38. The van der Waals surface area contributed by atoms with E-state index in [1.165, 1.54) is 6.07 Å². The summed E-state index contributed by atoms with van der Waals surface area (Å²) >= 11 is 0. The maximum absolute atomic E-state index is 11.6. The molecule has 8 heteroatoms. The van der Waals surface area contributed by atoms with E-state index in [1.54, 1.807) is 12.1 Å². The van der Waals surface area contributed by atoms with Gasteiger partial charge in [-0.1, -0.05) is 66.7 Å². The average molecular weight is 497 g/mol. The Morgan fingerprint density at radius 1 is 0.946 bits per heavy atom. The minimum atomic E-state index is -1.41. The third kappa shape index (κ3) is 4.69. The van der Waals surface area contributed by atoms with E-state index in [4.69, 9.17) is 9.47 Å². The van der Waals surface area contributed by atoms with Crippen LogP contribution >= 0.6 is 0 Å². The summed E-state index contributed by atoms with van der Waals surface area (Å²) in [6, 6.07) is 24.3. The highest BCUT2D eigenvalue weighted by molar-refractivity contribution is 5.98. The third-order valence-corrected chi connectivity index (χ3v) is 6.40. The first kappa shape index (κ1) is 23.9. The predicted molar refractivity (Wildman–Crippen MR) is 142 cm³/mol. The maximum atomic E-state index is 11.6. The van der Waals surface area contributed by atoms with Gasteiger partial charge in [0.1, 0.15) is 0 Å². The lowest BCUT2D eigenvalue weighted by Gasteiger charge is -2.10. The van der Waals surface area contributed by atoms with Crippen molar-refractivity contribution in [3.8, 4) is 22.8 Å². The van der Waals surface area contributed by atoms with Crippen LogP contribution in [0, 0.1) is 17.0 Å². The number of fused-ring (bicyclic) bond motifs is 2. The molecule has 0 bridgehead atoms. The summed E-state index contributed by atoms with van der Waals surface area (Å²) < 4.78 is 11.0. The molecule has 2 N–H and O–H groups in total. The molecule has 0 atom stereocenters. The Balaban J connectivity index is 1.44. The number of rotatable bonds is 8. The normalized spacial score (nSPS) is 11.1. The van der Waals surface area contributed by atoms with Gasteiger partial charge in [0.25, 0.3) is 0 Å². The molecule has 4 aromatic carbocycles. The fourth-order valence-electron chi connectivity index (χ4n) is 4.72. The van der Waals surface area contributed by atoms with Crippen LogP contribution in [0.1, 0.15) is 17.5 Å². The molecule has 5 aromatic rings. The number of hydrogen-bond donors (Lipinski definition) is 2. The smallest absolute Gasteiger partial charge is 0.486 e. The lowest BCUT2D eigenvalue weighted by molar-refractivity contribution is -0.385. The molecule has 0 aliphatic heterocycles. The molecule has 1 heterocycles. The zero-order chi connectivity index (χ0) is 25.9. The highest BCUT2D eigenvalue weighted by atomic mass is 16.7. The lowest BCUT2D eigenvalue weighted by Crippen LogP contribution is -2.06. The van der Waals surface area contributed by atoms with Crippen molar-refractivity contribution in [1.82, 2.24) is 4.98 Å². The van der Waals surface area contributed by atoms with Crippen LogP contribution in [0.3, 0.4) is 0 Å². The van der Waals surface area contributed by atoms with E-state index in [0.29, 0.717) is 23.8 Å². The number of H-pyrrole nitrogens is 1.